The molecule has 2 heterocycles. The SMILES string of the molecule is CC(C)(CCl)C(=O)Nc1ccc(-c2csc(N3CCCC3)n2)cc1. The number of hydrogen-bond acceptors (Lipinski definition) is 4. The number of carbonyl (C=O) groups excluding carboxylic acids is 1. The molecule has 4 nitrogen and oxygen atoms in total. The van der Waals surface area contributed by atoms with E-state index in [1.165, 1.54) is 12.8 Å². The normalized spacial score (nSPS) is 14.9. The van der Waals surface area contributed by atoms with E-state index in [2.05, 4.69) is 15.6 Å². The van der Waals surface area contributed by atoms with Gasteiger partial charge in [0, 0.05) is 35.6 Å². The number of thiazole rings is 1. The molecule has 1 N–H and O–H groups in total. The largest absolute Gasteiger partial charge is 0.348 e. The summed E-state index contributed by atoms with van der Waals surface area (Å²) >= 11 is 7.54. The van der Waals surface area contributed by atoms with Gasteiger partial charge in [0.2, 0.25) is 5.91 Å². The minimum Gasteiger partial charge on any atom is -0.348 e. The molecule has 0 aliphatic carbocycles. The summed E-state index contributed by atoms with van der Waals surface area (Å²) in [5.74, 6) is 0.213. The summed E-state index contributed by atoms with van der Waals surface area (Å²) in [5, 5.41) is 6.11. The summed E-state index contributed by atoms with van der Waals surface area (Å²) in [4.78, 5) is 19.2. The highest BCUT2D eigenvalue weighted by molar-refractivity contribution is 7.14. The lowest BCUT2D eigenvalue weighted by atomic mass is 9.95. The number of benzene rings is 1. The number of hydrogen-bond donors (Lipinski definition) is 1. The molecule has 0 unspecified atom stereocenters. The van der Waals surface area contributed by atoms with Gasteiger partial charge in [-0.15, -0.1) is 22.9 Å². The first kappa shape index (κ1) is 17.2. The van der Waals surface area contributed by atoms with E-state index in [1.807, 2.05) is 38.1 Å². The Morgan fingerprint density at radius 1 is 1.29 bits per heavy atom. The molecule has 1 aliphatic rings. The molecule has 24 heavy (non-hydrogen) atoms. The van der Waals surface area contributed by atoms with Crippen molar-refractivity contribution >= 4 is 39.7 Å². The van der Waals surface area contributed by atoms with Gasteiger partial charge < -0.3 is 10.2 Å². The number of halogens is 1. The summed E-state index contributed by atoms with van der Waals surface area (Å²) < 4.78 is 0. The standard InChI is InChI=1S/C18H22ClN3OS/c1-18(2,12-19)16(23)20-14-7-5-13(6-8-14)15-11-24-17(21-15)22-9-3-4-10-22/h5-8,11H,3-4,9-10,12H2,1-2H3,(H,20,23). The van der Waals surface area contributed by atoms with Gasteiger partial charge in [-0.2, -0.15) is 0 Å². The van der Waals surface area contributed by atoms with Crippen LogP contribution in [-0.4, -0.2) is 29.9 Å². The van der Waals surface area contributed by atoms with Crippen molar-refractivity contribution in [3.05, 3.63) is 29.6 Å². The smallest absolute Gasteiger partial charge is 0.231 e. The average Bonchev–Trinajstić information content (AvgIpc) is 3.26. The van der Waals surface area contributed by atoms with E-state index in [-0.39, 0.29) is 11.8 Å². The van der Waals surface area contributed by atoms with Crippen molar-refractivity contribution in [2.75, 3.05) is 29.2 Å². The Hall–Kier alpha value is -1.59. The second kappa shape index (κ2) is 7.11. The molecule has 3 rings (SSSR count). The van der Waals surface area contributed by atoms with Crippen molar-refractivity contribution in [1.29, 1.82) is 0 Å². The number of amides is 1. The first-order valence-corrected chi connectivity index (χ1v) is 9.59. The molecule has 6 heteroatoms. The average molecular weight is 364 g/mol. The fourth-order valence-corrected chi connectivity index (χ4v) is 3.55. The summed E-state index contributed by atoms with van der Waals surface area (Å²) in [5.41, 5.74) is 2.24. The fourth-order valence-electron chi connectivity index (χ4n) is 2.54. The lowest BCUT2D eigenvalue weighted by Crippen LogP contribution is -2.32. The highest BCUT2D eigenvalue weighted by Gasteiger charge is 2.26. The third-order valence-corrected chi connectivity index (χ3v) is 5.83. The highest BCUT2D eigenvalue weighted by atomic mass is 35.5. The molecule has 0 spiro atoms. The van der Waals surface area contributed by atoms with Gasteiger partial charge in [0.15, 0.2) is 5.13 Å². The van der Waals surface area contributed by atoms with Crippen LogP contribution in [0.4, 0.5) is 10.8 Å². The van der Waals surface area contributed by atoms with Crippen molar-refractivity contribution < 1.29 is 4.79 Å². The molecule has 0 bridgehead atoms. The van der Waals surface area contributed by atoms with E-state index in [0.717, 1.165) is 35.2 Å². The van der Waals surface area contributed by atoms with E-state index in [9.17, 15) is 4.79 Å². The Labute approximate surface area is 151 Å². The predicted molar refractivity (Wildman–Crippen MR) is 102 cm³/mol. The molecule has 0 radical (unpaired) electrons. The maximum atomic E-state index is 12.2. The summed E-state index contributed by atoms with van der Waals surface area (Å²) in [7, 11) is 0. The zero-order chi connectivity index (χ0) is 17.2. The van der Waals surface area contributed by atoms with E-state index in [0.29, 0.717) is 0 Å². The molecule has 1 fully saturated rings. The number of aromatic nitrogens is 1. The van der Waals surface area contributed by atoms with Crippen molar-refractivity contribution in [1.82, 2.24) is 4.98 Å². The first-order valence-electron chi connectivity index (χ1n) is 8.18. The summed E-state index contributed by atoms with van der Waals surface area (Å²) in [6.45, 7) is 5.88. The number of anilines is 2. The molecule has 0 saturated carbocycles. The molecule has 1 saturated heterocycles. The van der Waals surface area contributed by atoms with Crippen molar-refractivity contribution in [2.45, 2.75) is 26.7 Å². The first-order chi connectivity index (χ1) is 11.5. The van der Waals surface area contributed by atoms with Crippen LogP contribution in [0.15, 0.2) is 29.6 Å². The van der Waals surface area contributed by atoms with Gasteiger partial charge in [0.1, 0.15) is 0 Å². The summed E-state index contributed by atoms with van der Waals surface area (Å²) in [6.07, 6.45) is 2.50. The van der Waals surface area contributed by atoms with Gasteiger partial charge >= 0.3 is 0 Å². The van der Waals surface area contributed by atoms with E-state index >= 15 is 0 Å². The van der Waals surface area contributed by atoms with Gasteiger partial charge in [0.25, 0.3) is 0 Å². The molecular weight excluding hydrogens is 342 g/mol. The van der Waals surface area contributed by atoms with Crippen LogP contribution >= 0.6 is 22.9 Å². The zero-order valence-electron chi connectivity index (χ0n) is 14.0. The number of rotatable bonds is 5. The van der Waals surface area contributed by atoms with Crippen LogP contribution in [0.1, 0.15) is 26.7 Å². The topological polar surface area (TPSA) is 45.2 Å². The minimum absolute atomic E-state index is 0.0739. The van der Waals surface area contributed by atoms with Crippen molar-refractivity contribution in [3.8, 4) is 11.3 Å². The van der Waals surface area contributed by atoms with Crippen molar-refractivity contribution in [3.63, 3.8) is 0 Å². The number of carbonyl (C=O) groups is 1. The molecular formula is C18H22ClN3OS. The predicted octanol–water partition coefficient (Wildman–Crippen LogP) is 4.61. The Morgan fingerprint density at radius 2 is 1.96 bits per heavy atom. The Bertz CT molecular complexity index is 705. The molecule has 1 aromatic carbocycles. The monoisotopic (exact) mass is 363 g/mol. The van der Waals surface area contributed by atoms with Gasteiger partial charge in [0.05, 0.1) is 11.1 Å². The maximum Gasteiger partial charge on any atom is 0.231 e. The number of nitrogens with one attached hydrogen (secondary N) is 1. The third-order valence-electron chi connectivity index (χ3n) is 4.26. The van der Waals surface area contributed by atoms with Gasteiger partial charge in [-0.05, 0) is 38.8 Å². The number of alkyl halides is 1. The van der Waals surface area contributed by atoms with Crippen LogP contribution in [0, 0.1) is 5.41 Å². The fraction of sp³-hybridized carbons (Fsp3) is 0.444. The van der Waals surface area contributed by atoms with E-state index in [1.54, 1.807) is 11.3 Å². The van der Waals surface area contributed by atoms with E-state index in [4.69, 9.17) is 16.6 Å². The van der Waals surface area contributed by atoms with Gasteiger partial charge in [-0.25, -0.2) is 4.98 Å². The van der Waals surface area contributed by atoms with Crippen molar-refractivity contribution in [2.24, 2.45) is 5.41 Å². The van der Waals surface area contributed by atoms with Gasteiger partial charge in [-0.1, -0.05) is 12.1 Å². The van der Waals surface area contributed by atoms with Crippen LogP contribution in [-0.2, 0) is 4.79 Å². The quantitative estimate of drug-likeness (QED) is 0.789. The van der Waals surface area contributed by atoms with Crippen LogP contribution < -0.4 is 10.2 Å². The number of nitrogens with zero attached hydrogens (tertiary/aromatic N) is 2. The lowest BCUT2D eigenvalue weighted by Gasteiger charge is -2.20. The molecule has 128 valence electrons. The second-order valence-corrected chi connectivity index (χ2v) is 7.86. The highest BCUT2D eigenvalue weighted by Crippen LogP contribution is 2.30. The van der Waals surface area contributed by atoms with Crippen LogP contribution in [0.2, 0.25) is 0 Å². The van der Waals surface area contributed by atoms with Crippen LogP contribution in [0.5, 0.6) is 0 Å². The van der Waals surface area contributed by atoms with E-state index < -0.39 is 5.41 Å². The minimum atomic E-state index is -0.584. The molecule has 2 aromatic rings. The van der Waals surface area contributed by atoms with Crippen LogP contribution in [0.25, 0.3) is 11.3 Å². The Morgan fingerprint density at radius 3 is 2.58 bits per heavy atom. The second-order valence-electron chi connectivity index (χ2n) is 6.76. The Balaban J connectivity index is 1.69. The molecule has 1 amide bonds. The Kier molecular flexibility index (Phi) is 5.11. The lowest BCUT2D eigenvalue weighted by molar-refractivity contribution is -0.122. The summed E-state index contributed by atoms with van der Waals surface area (Å²) in [6, 6.07) is 7.80. The maximum absolute atomic E-state index is 12.2. The van der Waals surface area contributed by atoms with Crippen LogP contribution in [0.3, 0.4) is 0 Å². The molecule has 0 atom stereocenters. The molecule has 1 aromatic heterocycles. The zero-order valence-corrected chi connectivity index (χ0v) is 15.6. The molecule has 1 aliphatic heterocycles. The third kappa shape index (κ3) is 3.73. The van der Waals surface area contributed by atoms with Gasteiger partial charge in [-0.3, -0.25) is 4.79 Å².